The Morgan fingerprint density at radius 3 is 2.32 bits per heavy atom. The Morgan fingerprint density at radius 2 is 1.75 bits per heavy atom. The van der Waals surface area contributed by atoms with E-state index in [1.165, 1.54) is 6.92 Å². The van der Waals surface area contributed by atoms with E-state index in [4.69, 9.17) is 15.2 Å². The molecule has 0 fully saturated rings. The van der Waals surface area contributed by atoms with Crippen LogP contribution in [0.25, 0.3) is 16.9 Å². The van der Waals surface area contributed by atoms with Crippen molar-refractivity contribution in [1.82, 2.24) is 9.78 Å². The molecule has 0 saturated carbocycles. The first-order valence-corrected chi connectivity index (χ1v) is 8.75. The Kier molecular flexibility index (Phi) is 5.74. The summed E-state index contributed by atoms with van der Waals surface area (Å²) in [5.41, 5.74) is 9.05. The van der Waals surface area contributed by atoms with E-state index < -0.39 is 5.91 Å². The summed E-state index contributed by atoms with van der Waals surface area (Å²) in [5.74, 6) is -0.157. The van der Waals surface area contributed by atoms with Gasteiger partial charge < -0.3 is 15.2 Å². The van der Waals surface area contributed by atoms with Gasteiger partial charge in [0.15, 0.2) is 5.69 Å². The number of esters is 1. The third-order valence-electron chi connectivity index (χ3n) is 4.22. The number of primary amides is 1. The number of benzene rings is 2. The third-order valence-corrected chi connectivity index (χ3v) is 4.22. The highest BCUT2D eigenvalue weighted by Crippen LogP contribution is 2.25. The van der Waals surface area contributed by atoms with Crippen molar-refractivity contribution in [2.24, 2.45) is 5.73 Å². The Balaban J connectivity index is 1.91. The summed E-state index contributed by atoms with van der Waals surface area (Å²) >= 11 is 0. The van der Waals surface area contributed by atoms with Gasteiger partial charge in [-0.25, -0.2) is 4.68 Å². The molecular formula is C21H21N3O4. The first-order valence-electron chi connectivity index (χ1n) is 8.75. The van der Waals surface area contributed by atoms with Crippen LogP contribution in [-0.2, 0) is 16.0 Å². The number of hydrogen-bond donors (Lipinski definition) is 1. The summed E-state index contributed by atoms with van der Waals surface area (Å²) in [4.78, 5) is 22.5. The molecule has 7 heteroatoms. The first-order chi connectivity index (χ1) is 13.5. The zero-order chi connectivity index (χ0) is 20.1. The number of hydrogen-bond acceptors (Lipinski definition) is 5. The topological polar surface area (TPSA) is 96.4 Å². The second-order valence-corrected chi connectivity index (χ2v) is 6.18. The van der Waals surface area contributed by atoms with Gasteiger partial charge in [-0.3, -0.25) is 9.59 Å². The van der Waals surface area contributed by atoms with Crippen LogP contribution in [0.4, 0.5) is 0 Å². The van der Waals surface area contributed by atoms with Crippen LogP contribution in [0.1, 0.15) is 23.0 Å². The van der Waals surface area contributed by atoms with Gasteiger partial charge in [0.1, 0.15) is 5.75 Å². The molecule has 0 atom stereocenters. The van der Waals surface area contributed by atoms with Crippen molar-refractivity contribution in [2.45, 2.75) is 13.3 Å². The molecule has 1 amide bonds. The van der Waals surface area contributed by atoms with Gasteiger partial charge in [-0.05, 0) is 35.9 Å². The lowest BCUT2D eigenvalue weighted by atomic mass is 10.1. The normalized spacial score (nSPS) is 10.5. The van der Waals surface area contributed by atoms with Gasteiger partial charge >= 0.3 is 5.97 Å². The predicted octanol–water partition coefficient (Wildman–Crippen LogP) is 2.75. The minimum atomic E-state index is -0.591. The van der Waals surface area contributed by atoms with Crippen molar-refractivity contribution in [1.29, 1.82) is 0 Å². The Hall–Kier alpha value is -3.61. The van der Waals surface area contributed by atoms with Crippen LogP contribution < -0.4 is 10.5 Å². The van der Waals surface area contributed by atoms with E-state index in [1.807, 2.05) is 48.5 Å². The lowest BCUT2D eigenvalue weighted by molar-refractivity contribution is -0.140. The average molecular weight is 379 g/mol. The van der Waals surface area contributed by atoms with Crippen LogP contribution >= 0.6 is 0 Å². The maximum absolute atomic E-state index is 11.6. The number of carbonyl (C=O) groups excluding carboxylic acids is 2. The molecule has 0 spiro atoms. The molecule has 2 aromatic carbocycles. The van der Waals surface area contributed by atoms with Crippen LogP contribution in [0.3, 0.4) is 0 Å². The predicted molar refractivity (Wildman–Crippen MR) is 104 cm³/mol. The van der Waals surface area contributed by atoms with Crippen LogP contribution in [0, 0.1) is 0 Å². The van der Waals surface area contributed by atoms with Gasteiger partial charge in [0.05, 0.1) is 25.1 Å². The zero-order valence-electron chi connectivity index (χ0n) is 15.7. The number of nitrogens with zero attached hydrogens (tertiary/aromatic N) is 2. The number of ether oxygens (including phenoxy) is 2. The van der Waals surface area contributed by atoms with Crippen molar-refractivity contribution in [3.8, 4) is 22.7 Å². The van der Waals surface area contributed by atoms with Crippen LogP contribution in [0.15, 0.2) is 54.6 Å². The Labute approximate surface area is 162 Å². The summed E-state index contributed by atoms with van der Waals surface area (Å²) in [5, 5.41) is 4.35. The summed E-state index contributed by atoms with van der Waals surface area (Å²) in [6.45, 7) is 1.73. The summed E-state index contributed by atoms with van der Waals surface area (Å²) in [6, 6.07) is 16.8. The average Bonchev–Trinajstić information content (AvgIpc) is 3.14. The molecule has 0 bridgehead atoms. The molecular weight excluding hydrogens is 358 g/mol. The van der Waals surface area contributed by atoms with Crippen molar-refractivity contribution < 1.29 is 19.1 Å². The van der Waals surface area contributed by atoms with Gasteiger partial charge in [0.25, 0.3) is 5.91 Å². The van der Waals surface area contributed by atoms with E-state index in [1.54, 1.807) is 17.9 Å². The van der Waals surface area contributed by atoms with Crippen LogP contribution in [0.5, 0.6) is 5.75 Å². The van der Waals surface area contributed by atoms with Crippen molar-refractivity contribution in [3.05, 3.63) is 65.9 Å². The van der Waals surface area contributed by atoms with Gasteiger partial charge in [-0.1, -0.05) is 24.3 Å². The van der Waals surface area contributed by atoms with Crippen molar-refractivity contribution >= 4 is 11.9 Å². The standard InChI is InChI=1S/C21H21N3O4/c1-14(25)28-12-11-15-3-5-16(6-4-15)20-13-19(21(22)26)23-24(20)17-7-9-18(27-2)10-8-17/h3-10,13H,11-12H2,1-2H3,(H2,22,26). The second-order valence-electron chi connectivity index (χ2n) is 6.18. The third kappa shape index (κ3) is 4.37. The van der Waals surface area contributed by atoms with Crippen LogP contribution in [-0.4, -0.2) is 35.4 Å². The van der Waals surface area contributed by atoms with Crippen molar-refractivity contribution in [3.63, 3.8) is 0 Å². The van der Waals surface area contributed by atoms with Gasteiger partial charge in [0, 0.05) is 18.9 Å². The monoisotopic (exact) mass is 379 g/mol. The fourth-order valence-electron chi connectivity index (χ4n) is 2.78. The zero-order valence-corrected chi connectivity index (χ0v) is 15.7. The molecule has 0 aliphatic carbocycles. The molecule has 3 aromatic rings. The SMILES string of the molecule is COc1ccc(-n2nc(C(N)=O)cc2-c2ccc(CCOC(C)=O)cc2)cc1. The molecule has 1 aromatic heterocycles. The van der Waals surface area contributed by atoms with Gasteiger partial charge in [0.2, 0.25) is 0 Å². The van der Waals surface area contributed by atoms with E-state index in [2.05, 4.69) is 5.10 Å². The van der Waals surface area contributed by atoms with Crippen molar-refractivity contribution in [2.75, 3.05) is 13.7 Å². The Bertz CT molecular complexity index is 976. The van der Waals surface area contributed by atoms with Crippen LogP contribution in [0.2, 0.25) is 0 Å². The molecule has 0 aliphatic heterocycles. The van der Waals surface area contributed by atoms with E-state index in [0.717, 1.165) is 28.3 Å². The molecule has 7 nitrogen and oxygen atoms in total. The smallest absolute Gasteiger partial charge is 0.302 e. The largest absolute Gasteiger partial charge is 0.497 e. The Morgan fingerprint density at radius 1 is 1.07 bits per heavy atom. The number of carbonyl (C=O) groups is 2. The van der Waals surface area contributed by atoms with E-state index in [0.29, 0.717) is 13.0 Å². The molecule has 2 N–H and O–H groups in total. The number of aromatic nitrogens is 2. The number of rotatable bonds is 7. The quantitative estimate of drug-likeness (QED) is 0.637. The molecule has 28 heavy (non-hydrogen) atoms. The fourth-order valence-corrected chi connectivity index (χ4v) is 2.78. The maximum Gasteiger partial charge on any atom is 0.302 e. The maximum atomic E-state index is 11.6. The highest BCUT2D eigenvalue weighted by molar-refractivity contribution is 5.92. The lowest BCUT2D eigenvalue weighted by Crippen LogP contribution is -2.12. The highest BCUT2D eigenvalue weighted by Gasteiger charge is 2.15. The molecule has 0 aliphatic rings. The van der Waals surface area contributed by atoms with E-state index in [9.17, 15) is 9.59 Å². The summed E-state index contributed by atoms with van der Waals surface area (Å²) < 4.78 is 11.8. The second kappa shape index (κ2) is 8.39. The van der Waals surface area contributed by atoms with E-state index >= 15 is 0 Å². The number of nitrogens with two attached hydrogens (primary N) is 1. The minimum absolute atomic E-state index is 0.185. The molecule has 0 unspecified atom stereocenters. The fraction of sp³-hybridized carbons (Fsp3) is 0.190. The van der Waals surface area contributed by atoms with Gasteiger partial charge in [-0.2, -0.15) is 5.10 Å². The minimum Gasteiger partial charge on any atom is -0.497 e. The first kappa shape index (κ1) is 19.2. The van der Waals surface area contributed by atoms with Gasteiger partial charge in [-0.15, -0.1) is 0 Å². The number of methoxy groups -OCH3 is 1. The van der Waals surface area contributed by atoms with E-state index in [-0.39, 0.29) is 11.7 Å². The summed E-state index contributed by atoms with van der Waals surface area (Å²) in [7, 11) is 1.60. The lowest BCUT2D eigenvalue weighted by Gasteiger charge is -2.09. The molecule has 3 rings (SSSR count). The molecule has 144 valence electrons. The highest BCUT2D eigenvalue weighted by atomic mass is 16.5. The molecule has 0 radical (unpaired) electrons. The molecule has 1 heterocycles. The molecule has 0 saturated heterocycles. The number of amides is 1. The summed E-state index contributed by atoms with van der Waals surface area (Å²) in [6.07, 6.45) is 0.629.